The number of phenols is 1. The highest BCUT2D eigenvalue weighted by molar-refractivity contribution is 5.94. The minimum Gasteiger partial charge on any atom is -0.504 e. The van der Waals surface area contributed by atoms with Crippen molar-refractivity contribution >= 4 is 11.8 Å². The standard InChI is InChI=1S/C34H43N3O6/c1-23(2)34(40)37(28-14-16-36(17-15-28)21-26-9-12-30(41-3)29(38)18-26)22-24-6-10-27(11-7-24)33(39)35-20-25-8-13-31(42-4)32(19-25)43-5/h6-13,18-19,23,28,38H,14-17,20-22H2,1-5H3,(H,35,39). The van der Waals surface area contributed by atoms with Gasteiger partial charge in [0.1, 0.15) is 0 Å². The molecule has 0 bridgehead atoms. The molecule has 1 saturated heterocycles. The van der Waals surface area contributed by atoms with Crippen molar-refractivity contribution in [2.24, 2.45) is 5.92 Å². The first-order chi connectivity index (χ1) is 20.7. The molecule has 9 nitrogen and oxygen atoms in total. The molecule has 0 atom stereocenters. The van der Waals surface area contributed by atoms with Crippen LogP contribution in [0.5, 0.6) is 23.0 Å². The summed E-state index contributed by atoms with van der Waals surface area (Å²) in [5.74, 6) is 1.71. The van der Waals surface area contributed by atoms with Crippen LogP contribution in [0.2, 0.25) is 0 Å². The molecule has 1 aliphatic heterocycles. The van der Waals surface area contributed by atoms with Crippen molar-refractivity contribution in [1.82, 2.24) is 15.1 Å². The molecule has 1 aliphatic rings. The summed E-state index contributed by atoms with van der Waals surface area (Å²) >= 11 is 0. The van der Waals surface area contributed by atoms with E-state index in [1.165, 1.54) is 7.11 Å². The van der Waals surface area contributed by atoms with Crippen LogP contribution >= 0.6 is 0 Å². The normalized spacial score (nSPS) is 13.9. The van der Waals surface area contributed by atoms with E-state index in [1.807, 2.05) is 67.3 Å². The van der Waals surface area contributed by atoms with Crippen LogP contribution in [0.4, 0.5) is 0 Å². The minimum atomic E-state index is -0.172. The molecule has 1 fully saturated rings. The highest BCUT2D eigenvalue weighted by atomic mass is 16.5. The van der Waals surface area contributed by atoms with E-state index in [4.69, 9.17) is 14.2 Å². The Morgan fingerprint density at radius 3 is 2.07 bits per heavy atom. The third-order valence-electron chi connectivity index (χ3n) is 7.89. The number of hydrogen-bond donors (Lipinski definition) is 2. The number of amides is 2. The molecular formula is C34H43N3O6. The molecule has 0 aromatic heterocycles. The number of benzene rings is 3. The summed E-state index contributed by atoms with van der Waals surface area (Å²) in [7, 11) is 4.71. The average molecular weight is 590 g/mol. The summed E-state index contributed by atoms with van der Waals surface area (Å²) in [6, 6.07) is 18.7. The van der Waals surface area contributed by atoms with Gasteiger partial charge in [0.25, 0.3) is 5.91 Å². The van der Waals surface area contributed by atoms with Gasteiger partial charge in [-0.1, -0.05) is 38.1 Å². The van der Waals surface area contributed by atoms with Crippen LogP contribution in [0.25, 0.3) is 0 Å². The number of hydrogen-bond acceptors (Lipinski definition) is 7. The largest absolute Gasteiger partial charge is 0.504 e. The number of nitrogens with one attached hydrogen (secondary N) is 1. The molecule has 0 unspecified atom stereocenters. The molecule has 0 radical (unpaired) electrons. The van der Waals surface area contributed by atoms with Gasteiger partial charge in [0.05, 0.1) is 21.3 Å². The SMILES string of the molecule is COc1ccc(CN2CCC(N(Cc3ccc(C(=O)NCc4ccc(OC)c(OC)c4)cc3)C(=O)C(C)C)CC2)cc1O. The Kier molecular flexibility index (Phi) is 10.9. The van der Waals surface area contributed by atoms with Crippen LogP contribution in [0.1, 0.15) is 53.7 Å². The molecule has 0 spiro atoms. The number of rotatable bonds is 12. The Labute approximate surface area is 254 Å². The van der Waals surface area contributed by atoms with Crippen molar-refractivity contribution in [2.45, 2.75) is 52.4 Å². The first-order valence-electron chi connectivity index (χ1n) is 14.7. The van der Waals surface area contributed by atoms with E-state index < -0.39 is 0 Å². The summed E-state index contributed by atoms with van der Waals surface area (Å²) in [6.45, 7) is 7.19. The van der Waals surface area contributed by atoms with E-state index in [1.54, 1.807) is 26.4 Å². The molecule has 2 N–H and O–H groups in total. The zero-order chi connectivity index (χ0) is 30.9. The Morgan fingerprint density at radius 1 is 0.860 bits per heavy atom. The molecule has 4 rings (SSSR count). The second kappa shape index (κ2) is 14.8. The van der Waals surface area contributed by atoms with Gasteiger partial charge in [0, 0.05) is 50.2 Å². The molecule has 43 heavy (non-hydrogen) atoms. The van der Waals surface area contributed by atoms with Crippen LogP contribution in [0, 0.1) is 5.92 Å². The second-order valence-corrected chi connectivity index (χ2v) is 11.2. The number of phenolic OH excluding ortho intramolecular Hbond substituents is 1. The van der Waals surface area contributed by atoms with Gasteiger partial charge in [0.15, 0.2) is 23.0 Å². The number of ether oxygens (including phenoxy) is 3. The molecule has 1 heterocycles. The Balaban J connectivity index is 1.34. The fourth-order valence-electron chi connectivity index (χ4n) is 5.43. The number of nitrogens with zero attached hydrogens (tertiary/aromatic N) is 2. The number of carbonyl (C=O) groups excluding carboxylic acids is 2. The molecule has 230 valence electrons. The van der Waals surface area contributed by atoms with Crippen LogP contribution in [0.15, 0.2) is 60.7 Å². The van der Waals surface area contributed by atoms with Crippen molar-refractivity contribution in [3.05, 3.63) is 82.9 Å². The molecular weight excluding hydrogens is 546 g/mol. The minimum absolute atomic E-state index is 0.109. The summed E-state index contributed by atoms with van der Waals surface area (Å²) in [5.41, 5.74) is 3.48. The van der Waals surface area contributed by atoms with Crippen molar-refractivity contribution in [2.75, 3.05) is 34.4 Å². The number of piperidine rings is 1. The van der Waals surface area contributed by atoms with Gasteiger partial charge >= 0.3 is 0 Å². The molecule has 2 amide bonds. The van der Waals surface area contributed by atoms with Crippen LogP contribution in [0.3, 0.4) is 0 Å². The predicted octanol–water partition coefficient (Wildman–Crippen LogP) is 5.00. The average Bonchev–Trinajstić information content (AvgIpc) is 3.02. The van der Waals surface area contributed by atoms with Crippen LogP contribution in [-0.2, 0) is 24.4 Å². The highest BCUT2D eigenvalue weighted by Crippen LogP contribution is 2.29. The van der Waals surface area contributed by atoms with Gasteiger partial charge in [0.2, 0.25) is 5.91 Å². The topological polar surface area (TPSA) is 101 Å². The third kappa shape index (κ3) is 8.20. The van der Waals surface area contributed by atoms with Crippen LogP contribution in [-0.4, -0.2) is 67.2 Å². The van der Waals surface area contributed by atoms with E-state index >= 15 is 0 Å². The summed E-state index contributed by atoms with van der Waals surface area (Å²) in [5, 5.41) is 13.1. The van der Waals surface area contributed by atoms with Gasteiger partial charge in [-0.05, 0) is 65.9 Å². The third-order valence-corrected chi connectivity index (χ3v) is 7.89. The molecule has 3 aromatic carbocycles. The summed E-state index contributed by atoms with van der Waals surface area (Å²) in [4.78, 5) is 30.5. The van der Waals surface area contributed by atoms with Crippen molar-refractivity contribution in [3.8, 4) is 23.0 Å². The maximum Gasteiger partial charge on any atom is 0.251 e. The monoisotopic (exact) mass is 589 g/mol. The van der Waals surface area contributed by atoms with E-state index in [0.29, 0.717) is 35.9 Å². The van der Waals surface area contributed by atoms with Gasteiger partial charge in [-0.25, -0.2) is 0 Å². The number of likely N-dealkylation sites (tertiary alicyclic amines) is 1. The highest BCUT2D eigenvalue weighted by Gasteiger charge is 2.29. The fourth-order valence-corrected chi connectivity index (χ4v) is 5.43. The van der Waals surface area contributed by atoms with Gasteiger partial charge in [-0.15, -0.1) is 0 Å². The van der Waals surface area contributed by atoms with Gasteiger partial charge in [-0.2, -0.15) is 0 Å². The van der Waals surface area contributed by atoms with E-state index in [9.17, 15) is 14.7 Å². The summed E-state index contributed by atoms with van der Waals surface area (Å²) in [6.07, 6.45) is 1.74. The Morgan fingerprint density at radius 2 is 1.47 bits per heavy atom. The van der Waals surface area contributed by atoms with Gasteiger partial charge < -0.3 is 29.5 Å². The Hall–Kier alpha value is -4.24. The maximum absolute atomic E-state index is 13.3. The quantitative estimate of drug-likeness (QED) is 0.307. The van der Waals surface area contributed by atoms with Gasteiger partial charge in [-0.3, -0.25) is 14.5 Å². The van der Waals surface area contributed by atoms with Crippen molar-refractivity contribution < 1.29 is 28.9 Å². The second-order valence-electron chi connectivity index (χ2n) is 11.2. The van der Waals surface area contributed by atoms with Crippen molar-refractivity contribution in [3.63, 3.8) is 0 Å². The fraction of sp³-hybridized carbons (Fsp3) is 0.412. The molecule has 3 aromatic rings. The molecule has 0 aliphatic carbocycles. The number of carbonyl (C=O) groups is 2. The Bertz CT molecular complexity index is 1380. The summed E-state index contributed by atoms with van der Waals surface area (Å²) < 4.78 is 15.8. The van der Waals surface area contributed by atoms with E-state index in [-0.39, 0.29) is 29.5 Å². The maximum atomic E-state index is 13.3. The van der Waals surface area contributed by atoms with E-state index in [0.717, 1.165) is 49.2 Å². The molecule has 0 saturated carbocycles. The van der Waals surface area contributed by atoms with Crippen LogP contribution < -0.4 is 19.5 Å². The first-order valence-corrected chi connectivity index (χ1v) is 14.7. The first kappa shape index (κ1) is 31.7. The smallest absolute Gasteiger partial charge is 0.251 e. The predicted molar refractivity (Wildman–Crippen MR) is 166 cm³/mol. The van der Waals surface area contributed by atoms with E-state index in [2.05, 4.69) is 10.2 Å². The lowest BCUT2D eigenvalue weighted by Crippen LogP contribution is -2.48. The lowest BCUT2D eigenvalue weighted by molar-refractivity contribution is -0.138. The lowest BCUT2D eigenvalue weighted by Gasteiger charge is -2.39. The zero-order valence-electron chi connectivity index (χ0n) is 25.8. The van der Waals surface area contributed by atoms with Crippen molar-refractivity contribution in [1.29, 1.82) is 0 Å². The number of methoxy groups -OCH3 is 3. The lowest BCUT2D eigenvalue weighted by atomic mass is 9.99. The zero-order valence-corrected chi connectivity index (χ0v) is 25.8. The molecule has 9 heteroatoms. The number of aromatic hydroxyl groups is 1.